The molecule has 1 heterocycles. The van der Waals surface area contributed by atoms with Gasteiger partial charge in [-0.1, -0.05) is 65.1 Å². The number of carbonyl (C=O) groups excluding carboxylic acids is 3. The second kappa shape index (κ2) is 10.7. The standard InChI is InChI=1S/C21H27Cl3N2O5/c1-20(2,3)31-19(29)25-15(12-14-8-5-4-6-9-14)17(27)26-11-7-10-16(26)18(28)30-13-21(22,23)24/h4-6,8-9,15-16H,7,10-13H2,1-3H3,(H,25,29)/t15-,16-/m0/s1/i1D. The van der Waals surface area contributed by atoms with E-state index in [1.54, 1.807) is 13.8 Å². The van der Waals surface area contributed by atoms with E-state index in [9.17, 15) is 14.4 Å². The quantitative estimate of drug-likeness (QED) is 0.477. The van der Waals surface area contributed by atoms with Crippen LogP contribution in [0.15, 0.2) is 30.3 Å². The molecule has 2 rings (SSSR count). The van der Waals surface area contributed by atoms with Crippen molar-refractivity contribution in [3.05, 3.63) is 35.9 Å². The van der Waals surface area contributed by atoms with Crippen molar-refractivity contribution < 1.29 is 25.2 Å². The molecule has 0 radical (unpaired) electrons. The summed E-state index contributed by atoms with van der Waals surface area (Å²) in [5.41, 5.74) is -0.192. The van der Waals surface area contributed by atoms with Crippen LogP contribution < -0.4 is 5.32 Å². The van der Waals surface area contributed by atoms with E-state index in [1.807, 2.05) is 30.3 Å². The monoisotopic (exact) mass is 493 g/mol. The first kappa shape index (κ1) is 24.0. The summed E-state index contributed by atoms with van der Waals surface area (Å²) >= 11 is 16.9. The lowest BCUT2D eigenvalue weighted by Crippen LogP contribution is -2.53. The topological polar surface area (TPSA) is 84.9 Å². The van der Waals surface area contributed by atoms with Gasteiger partial charge in [0.25, 0.3) is 0 Å². The number of hydrogen-bond donors (Lipinski definition) is 1. The van der Waals surface area contributed by atoms with Crippen molar-refractivity contribution in [1.29, 1.82) is 0 Å². The van der Waals surface area contributed by atoms with Gasteiger partial charge in [0.2, 0.25) is 9.70 Å². The van der Waals surface area contributed by atoms with Crippen molar-refractivity contribution >= 4 is 52.8 Å². The van der Waals surface area contributed by atoms with Crippen molar-refractivity contribution in [2.75, 3.05) is 13.2 Å². The first-order valence-electron chi connectivity index (χ1n) is 10.5. The minimum absolute atomic E-state index is 0.138. The number of carbonyl (C=O) groups is 3. The van der Waals surface area contributed by atoms with Crippen LogP contribution in [0.2, 0.25) is 0 Å². The second-order valence-corrected chi connectivity index (χ2v) is 10.5. The molecule has 0 spiro atoms. The summed E-state index contributed by atoms with van der Waals surface area (Å²) in [5, 5.41) is 2.60. The number of nitrogens with zero attached hydrogens (tertiary/aromatic N) is 1. The minimum atomic E-state index is -1.76. The van der Waals surface area contributed by atoms with E-state index in [2.05, 4.69) is 5.32 Å². The highest BCUT2D eigenvalue weighted by Crippen LogP contribution is 2.27. The molecule has 1 saturated heterocycles. The maximum Gasteiger partial charge on any atom is 0.408 e. The molecule has 0 aliphatic carbocycles. The average Bonchev–Trinajstić information content (AvgIpc) is 3.20. The number of likely N-dealkylation sites (tertiary alicyclic amines) is 1. The highest BCUT2D eigenvalue weighted by molar-refractivity contribution is 6.67. The molecule has 1 fully saturated rings. The average molecular weight is 495 g/mol. The zero-order valence-electron chi connectivity index (χ0n) is 18.4. The van der Waals surface area contributed by atoms with Crippen molar-refractivity contribution in [1.82, 2.24) is 10.2 Å². The van der Waals surface area contributed by atoms with E-state index < -0.39 is 46.1 Å². The van der Waals surface area contributed by atoms with Crippen molar-refractivity contribution in [2.45, 2.75) is 61.5 Å². The lowest BCUT2D eigenvalue weighted by Gasteiger charge is -2.29. The molecule has 0 saturated carbocycles. The Balaban J connectivity index is 2.16. The number of alkyl halides is 3. The van der Waals surface area contributed by atoms with Crippen LogP contribution in [-0.2, 0) is 25.5 Å². The number of esters is 1. The largest absolute Gasteiger partial charge is 0.460 e. The number of ether oxygens (including phenoxy) is 2. The van der Waals surface area contributed by atoms with Crippen LogP contribution in [0.3, 0.4) is 0 Å². The Morgan fingerprint density at radius 1 is 1.26 bits per heavy atom. The molecule has 1 aromatic carbocycles. The zero-order valence-corrected chi connectivity index (χ0v) is 19.7. The van der Waals surface area contributed by atoms with Gasteiger partial charge in [-0.15, -0.1) is 0 Å². The molecular formula is C21H27Cl3N2O5. The summed E-state index contributed by atoms with van der Waals surface area (Å²) < 4.78 is 16.1. The Morgan fingerprint density at radius 2 is 1.94 bits per heavy atom. The zero-order chi connectivity index (χ0) is 23.9. The van der Waals surface area contributed by atoms with Crippen LogP contribution in [0, 0.1) is 0 Å². The second-order valence-electron chi connectivity index (χ2n) is 7.95. The SMILES string of the molecule is [2H]CC(C)(C)OC(=O)N[C@@H](Cc1ccccc1)C(=O)N1CCC[C@H]1C(=O)OCC(Cl)(Cl)Cl. The van der Waals surface area contributed by atoms with Gasteiger partial charge in [0, 0.05) is 14.3 Å². The van der Waals surface area contributed by atoms with E-state index in [1.165, 1.54) is 4.90 Å². The third-order valence-electron chi connectivity index (χ3n) is 4.43. The number of alkyl carbamates (subject to hydrolysis) is 1. The van der Waals surface area contributed by atoms with Crippen molar-refractivity contribution in [2.24, 2.45) is 0 Å². The normalized spacial score (nSPS) is 18.2. The predicted octanol–water partition coefficient (Wildman–Crippen LogP) is 4.03. The summed E-state index contributed by atoms with van der Waals surface area (Å²) in [4.78, 5) is 39.7. The number of rotatable bonds is 6. The molecule has 1 aromatic rings. The van der Waals surface area contributed by atoms with Crippen LogP contribution in [0.5, 0.6) is 0 Å². The highest BCUT2D eigenvalue weighted by atomic mass is 35.6. The first-order chi connectivity index (χ1) is 14.9. The van der Waals surface area contributed by atoms with Gasteiger partial charge in [-0.05, 0) is 39.2 Å². The van der Waals surface area contributed by atoms with Crippen LogP contribution in [-0.4, -0.2) is 57.5 Å². The number of amides is 2. The molecule has 0 unspecified atom stereocenters. The fourth-order valence-electron chi connectivity index (χ4n) is 3.20. The lowest BCUT2D eigenvalue weighted by atomic mass is 10.0. The lowest BCUT2D eigenvalue weighted by molar-refractivity contribution is -0.153. The van der Waals surface area contributed by atoms with Crippen molar-refractivity contribution in [3.63, 3.8) is 0 Å². The molecule has 172 valence electrons. The fraction of sp³-hybridized carbons (Fsp3) is 0.571. The number of benzene rings is 1. The Hall–Kier alpha value is -1.70. The summed E-state index contributed by atoms with van der Waals surface area (Å²) in [6, 6.07) is 7.34. The first-order valence-corrected chi connectivity index (χ1v) is 10.9. The third-order valence-corrected chi connectivity index (χ3v) is 4.76. The van der Waals surface area contributed by atoms with Gasteiger partial charge in [-0.2, -0.15) is 0 Å². The van der Waals surface area contributed by atoms with Crippen LogP contribution >= 0.6 is 34.8 Å². The minimum Gasteiger partial charge on any atom is -0.460 e. The molecule has 2 atom stereocenters. The summed E-state index contributed by atoms with van der Waals surface area (Å²) in [6.45, 7) is 2.96. The maximum atomic E-state index is 13.4. The van der Waals surface area contributed by atoms with E-state index in [-0.39, 0.29) is 13.3 Å². The van der Waals surface area contributed by atoms with Crippen molar-refractivity contribution in [3.8, 4) is 0 Å². The molecule has 0 bridgehead atoms. The van der Waals surface area contributed by atoms with Crippen LogP contribution in [0.25, 0.3) is 0 Å². The Labute approximate surface area is 198 Å². The van der Waals surface area contributed by atoms with E-state index in [4.69, 9.17) is 45.6 Å². The molecule has 1 aliphatic heterocycles. The molecule has 2 amide bonds. The molecule has 1 N–H and O–H groups in total. The maximum absolute atomic E-state index is 13.4. The molecule has 10 heteroatoms. The number of nitrogens with one attached hydrogen (secondary N) is 1. The van der Waals surface area contributed by atoms with Gasteiger partial charge in [0.15, 0.2) is 0 Å². The van der Waals surface area contributed by atoms with Gasteiger partial charge in [-0.25, -0.2) is 9.59 Å². The molecular weight excluding hydrogens is 467 g/mol. The molecule has 7 nitrogen and oxygen atoms in total. The molecule has 31 heavy (non-hydrogen) atoms. The Kier molecular flexibility index (Phi) is 8.30. The van der Waals surface area contributed by atoms with Gasteiger partial charge >= 0.3 is 12.1 Å². The fourth-order valence-corrected chi connectivity index (χ4v) is 3.36. The summed E-state index contributed by atoms with van der Waals surface area (Å²) in [5.74, 6) is -1.11. The molecule has 1 aliphatic rings. The van der Waals surface area contributed by atoms with Crippen LogP contribution in [0.1, 0.15) is 40.5 Å². The smallest absolute Gasteiger partial charge is 0.408 e. The summed E-state index contributed by atoms with van der Waals surface area (Å²) in [6.07, 6.45) is 0.376. The Morgan fingerprint density at radius 3 is 2.55 bits per heavy atom. The summed E-state index contributed by atoms with van der Waals surface area (Å²) in [7, 11) is 0. The highest BCUT2D eigenvalue weighted by Gasteiger charge is 2.39. The predicted molar refractivity (Wildman–Crippen MR) is 119 cm³/mol. The van der Waals surface area contributed by atoms with Gasteiger partial charge in [0.1, 0.15) is 24.3 Å². The third kappa shape index (κ3) is 8.75. The van der Waals surface area contributed by atoms with E-state index in [0.29, 0.717) is 19.4 Å². The van der Waals surface area contributed by atoms with E-state index in [0.717, 1.165) is 5.56 Å². The van der Waals surface area contributed by atoms with Gasteiger partial charge in [-0.3, -0.25) is 4.79 Å². The van der Waals surface area contributed by atoms with Gasteiger partial charge < -0.3 is 19.7 Å². The van der Waals surface area contributed by atoms with Gasteiger partial charge in [0.05, 0.1) is 0 Å². The van der Waals surface area contributed by atoms with Crippen LogP contribution in [0.4, 0.5) is 4.79 Å². The van der Waals surface area contributed by atoms with E-state index >= 15 is 0 Å². The number of hydrogen-bond acceptors (Lipinski definition) is 5. The Bertz CT molecular complexity index is 804. The number of halogens is 3. The molecule has 0 aromatic heterocycles.